The molecule has 1 fully saturated rings. The van der Waals surface area contributed by atoms with E-state index in [1.165, 1.54) is 0 Å². The zero-order chi connectivity index (χ0) is 5.28. The van der Waals surface area contributed by atoms with Crippen molar-refractivity contribution < 1.29 is 4.79 Å². The van der Waals surface area contributed by atoms with Crippen LogP contribution < -0.4 is 16.6 Å². The Labute approximate surface area is 41.0 Å². The third kappa shape index (κ3) is 0.703. The van der Waals surface area contributed by atoms with Gasteiger partial charge in [0.2, 0.25) is 0 Å². The predicted molar refractivity (Wildman–Crippen MR) is 24.1 cm³/mol. The molecule has 1 rings (SSSR count). The number of hydrogen-bond acceptors (Lipinski definition) is 3. The van der Waals surface area contributed by atoms with Crippen LogP contribution in [0.3, 0.4) is 0 Å². The van der Waals surface area contributed by atoms with Gasteiger partial charge >= 0.3 is 0 Å². The largest absolute Gasteiger partial charge is 0.319 e. The second-order valence-corrected chi connectivity index (χ2v) is 1.48. The lowest BCUT2D eigenvalue weighted by Gasteiger charge is -1.89. The lowest BCUT2D eigenvalue weighted by molar-refractivity contribution is -0.120. The van der Waals surface area contributed by atoms with Crippen LogP contribution in [-0.2, 0) is 4.79 Å². The summed E-state index contributed by atoms with van der Waals surface area (Å²) in [6.45, 7) is 0.541. The summed E-state index contributed by atoms with van der Waals surface area (Å²) in [5.41, 5.74) is 10.2. The van der Waals surface area contributed by atoms with E-state index in [1.54, 1.807) is 0 Å². The summed E-state index contributed by atoms with van der Waals surface area (Å²) >= 11 is 0. The van der Waals surface area contributed by atoms with E-state index < -0.39 is 0 Å². The van der Waals surface area contributed by atoms with Crippen LogP contribution in [0.2, 0.25) is 0 Å². The van der Waals surface area contributed by atoms with Crippen LogP contribution >= 0.6 is 0 Å². The van der Waals surface area contributed by atoms with Crippen molar-refractivity contribution >= 4 is 5.91 Å². The number of hydrogen-bond donors (Lipinski definition) is 3. The average Bonchev–Trinajstić information content (AvgIpc) is 1.91. The minimum absolute atomic E-state index is 0.125. The molecule has 40 valence electrons. The van der Waals surface area contributed by atoms with E-state index in [9.17, 15) is 4.79 Å². The number of nitrogens with two attached hydrogens (primary N) is 1. The highest BCUT2D eigenvalue weighted by molar-refractivity contribution is 5.82. The Bertz CT molecular complexity index is 92.2. The van der Waals surface area contributed by atoms with Crippen molar-refractivity contribution in [2.45, 2.75) is 6.04 Å². The summed E-state index contributed by atoms with van der Waals surface area (Å²) in [5, 5.41) is 0. The molecule has 1 atom stereocenters. The molecule has 1 aliphatic rings. The molecular weight excluding hydrogens is 94.1 g/mol. The van der Waals surface area contributed by atoms with Gasteiger partial charge in [0.05, 0.1) is 6.04 Å². The van der Waals surface area contributed by atoms with E-state index in [0.29, 0.717) is 6.54 Å². The summed E-state index contributed by atoms with van der Waals surface area (Å²) in [4.78, 5) is 10.3. The molecule has 7 heavy (non-hydrogen) atoms. The fourth-order valence-corrected chi connectivity index (χ4v) is 0.433. The predicted octanol–water partition coefficient (Wildman–Crippen LogP) is -2.05. The summed E-state index contributed by atoms with van der Waals surface area (Å²) < 4.78 is 0. The van der Waals surface area contributed by atoms with Crippen LogP contribution in [-0.4, -0.2) is 18.5 Å². The number of hydrazine groups is 1. The molecule has 0 radical (unpaired) electrons. The molecule has 0 spiro atoms. The second kappa shape index (κ2) is 1.48. The molecule has 0 bridgehead atoms. The monoisotopic (exact) mass is 101 g/mol. The smallest absolute Gasteiger partial charge is 0.252 e. The molecule has 1 amide bonds. The second-order valence-electron chi connectivity index (χ2n) is 1.48. The van der Waals surface area contributed by atoms with Crippen LogP contribution in [0.4, 0.5) is 0 Å². The van der Waals surface area contributed by atoms with Crippen molar-refractivity contribution in [3.8, 4) is 0 Å². The maximum Gasteiger partial charge on any atom is 0.252 e. The Hall–Kier alpha value is -0.610. The van der Waals surface area contributed by atoms with Gasteiger partial charge in [-0.05, 0) is 0 Å². The normalized spacial score (nSPS) is 30.4. The van der Waals surface area contributed by atoms with E-state index in [0.717, 1.165) is 0 Å². The summed E-state index contributed by atoms with van der Waals surface area (Å²) in [6.07, 6.45) is 0. The number of rotatable bonds is 0. The van der Waals surface area contributed by atoms with Crippen LogP contribution in [0, 0.1) is 0 Å². The first kappa shape index (κ1) is 4.55. The van der Waals surface area contributed by atoms with E-state index in [4.69, 9.17) is 5.73 Å². The Morgan fingerprint density at radius 3 is 2.71 bits per heavy atom. The molecule has 1 unspecified atom stereocenters. The summed E-state index contributed by atoms with van der Waals surface area (Å²) in [7, 11) is 0. The van der Waals surface area contributed by atoms with Crippen molar-refractivity contribution in [2.24, 2.45) is 5.73 Å². The number of carbonyl (C=O) groups is 1. The summed E-state index contributed by atoms with van der Waals surface area (Å²) in [6, 6.07) is -0.347. The first-order valence-electron chi connectivity index (χ1n) is 2.09. The highest BCUT2D eigenvalue weighted by Crippen LogP contribution is 1.79. The molecule has 0 aromatic heterocycles. The van der Waals surface area contributed by atoms with Gasteiger partial charge < -0.3 is 5.73 Å². The highest BCUT2D eigenvalue weighted by atomic mass is 16.2. The van der Waals surface area contributed by atoms with Gasteiger partial charge in [0.15, 0.2) is 0 Å². The fourth-order valence-electron chi connectivity index (χ4n) is 0.433. The molecular formula is C3H7N3O. The molecule has 1 saturated heterocycles. The zero-order valence-electron chi connectivity index (χ0n) is 3.77. The molecule has 4 heteroatoms. The van der Waals surface area contributed by atoms with Gasteiger partial charge in [-0.1, -0.05) is 0 Å². The van der Waals surface area contributed by atoms with Crippen molar-refractivity contribution in [3.63, 3.8) is 0 Å². The Kier molecular flexibility index (Phi) is 0.958. The van der Waals surface area contributed by atoms with Gasteiger partial charge in [0.1, 0.15) is 0 Å². The highest BCUT2D eigenvalue weighted by Gasteiger charge is 2.17. The SMILES string of the molecule is NC1CNNC1=O. The molecule has 1 aliphatic heterocycles. The topological polar surface area (TPSA) is 67.2 Å². The minimum atomic E-state index is -0.347. The van der Waals surface area contributed by atoms with Gasteiger partial charge in [0.25, 0.3) is 5.91 Å². The van der Waals surface area contributed by atoms with Gasteiger partial charge in [-0.2, -0.15) is 0 Å². The summed E-state index contributed by atoms with van der Waals surface area (Å²) in [5.74, 6) is -0.125. The third-order valence-electron chi connectivity index (χ3n) is 0.870. The average molecular weight is 101 g/mol. The van der Waals surface area contributed by atoms with Gasteiger partial charge in [-0.15, -0.1) is 0 Å². The Balaban J connectivity index is 2.48. The first-order valence-corrected chi connectivity index (χ1v) is 2.09. The molecule has 1 heterocycles. The maximum absolute atomic E-state index is 10.3. The first-order chi connectivity index (χ1) is 3.30. The molecule has 0 saturated carbocycles. The van der Waals surface area contributed by atoms with Gasteiger partial charge in [-0.25, -0.2) is 5.43 Å². The van der Waals surface area contributed by atoms with E-state index in [2.05, 4.69) is 10.9 Å². The lowest BCUT2D eigenvalue weighted by atomic mass is 10.3. The molecule has 0 aliphatic carbocycles. The van der Waals surface area contributed by atoms with E-state index in [-0.39, 0.29) is 11.9 Å². The maximum atomic E-state index is 10.3. The van der Waals surface area contributed by atoms with Crippen molar-refractivity contribution in [1.82, 2.24) is 10.9 Å². The van der Waals surface area contributed by atoms with Crippen molar-refractivity contribution in [1.29, 1.82) is 0 Å². The van der Waals surface area contributed by atoms with Crippen molar-refractivity contribution in [2.75, 3.05) is 6.54 Å². The zero-order valence-corrected chi connectivity index (χ0v) is 3.77. The number of amides is 1. The quantitative estimate of drug-likeness (QED) is 0.329. The third-order valence-corrected chi connectivity index (χ3v) is 0.870. The van der Waals surface area contributed by atoms with Gasteiger partial charge in [-0.3, -0.25) is 10.2 Å². The van der Waals surface area contributed by atoms with Crippen LogP contribution in [0.5, 0.6) is 0 Å². The molecule has 0 aromatic carbocycles. The van der Waals surface area contributed by atoms with Crippen LogP contribution in [0.15, 0.2) is 0 Å². The molecule has 0 aromatic rings. The minimum Gasteiger partial charge on any atom is -0.319 e. The Morgan fingerprint density at radius 1 is 1.86 bits per heavy atom. The molecule has 4 nitrogen and oxygen atoms in total. The van der Waals surface area contributed by atoms with Crippen molar-refractivity contribution in [3.05, 3.63) is 0 Å². The van der Waals surface area contributed by atoms with Gasteiger partial charge in [0, 0.05) is 6.54 Å². The number of nitrogens with one attached hydrogen (secondary N) is 2. The Morgan fingerprint density at radius 2 is 2.57 bits per heavy atom. The van der Waals surface area contributed by atoms with E-state index in [1.807, 2.05) is 0 Å². The van der Waals surface area contributed by atoms with Crippen LogP contribution in [0.1, 0.15) is 0 Å². The standard InChI is InChI=1S/C3H7N3O/c4-2-1-5-6-3(2)7/h2,5H,1,4H2,(H,6,7). The lowest BCUT2D eigenvalue weighted by Crippen LogP contribution is -2.31. The molecule has 4 N–H and O–H groups in total. The van der Waals surface area contributed by atoms with E-state index >= 15 is 0 Å². The fraction of sp³-hybridized carbons (Fsp3) is 0.667. The van der Waals surface area contributed by atoms with Crippen LogP contribution in [0.25, 0.3) is 0 Å². The number of carbonyl (C=O) groups excluding carboxylic acids is 1.